The Morgan fingerprint density at radius 3 is 2.86 bits per heavy atom. The van der Waals surface area contributed by atoms with Gasteiger partial charge in [0.25, 0.3) is 5.91 Å². The lowest BCUT2D eigenvalue weighted by Crippen LogP contribution is -2.41. The molecule has 1 aliphatic heterocycles. The Morgan fingerprint density at radius 2 is 2.19 bits per heavy atom. The molecule has 5 nitrogen and oxygen atoms in total. The Bertz CT molecular complexity index is 661. The van der Waals surface area contributed by atoms with E-state index in [1.54, 1.807) is 17.4 Å². The first-order valence-electron chi connectivity index (χ1n) is 7.08. The Kier molecular flexibility index (Phi) is 3.82. The lowest BCUT2D eigenvalue weighted by Gasteiger charge is -2.34. The van der Waals surface area contributed by atoms with E-state index in [0.29, 0.717) is 17.1 Å². The zero-order valence-corrected chi connectivity index (χ0v) is 13.1. The van der Waals surface area contributed by atoms with Crippen molar-refractivity contribution >= 4 is 32.6 Å². The van der Waals surface area contributed by atoms with Crippen molar-refractivity contribution in [3.05, 3.63) is 23.8 Å². The molecule has 0 saturated carbocycles. The Hall–Kier alpha value is -1.66. The van der Waals surface area contributed by atoms with Gasteiger partial charge in [-0.05, 0) is 51.2 Å². The number of thiazole rings is 1. The van der Waals surface area contributed by atoms with Crippen LogP contribution in [0.3, 0.4) is 0 Å². The molecule has 1 amide bonds. The second kappa shape index (κ2) is 5.61. The van der Waals surface area contributed by atoms with Crippen LogP contribution in [0.2, 0.25) is 0 Å². The number of anilines is 1. The predicted molar refractivity (Wildman–Crippen MR) is 85.9 cm³/mol. The van der Waals surface area contributed by atoms with Gasteiger partial charge in [-0.1, -0.05) is 11.3 Å². The lowest BCUT2D eigenvalue weighted by molar-refractivity contribution is 0.100. The van der Waals surface area contributed by atoms with Gasteiger partial charge in [0.05, 0.1) is 15.8 Å². The highest BCUT2D eigenvalue weighted by atomic mass is 32.1. The van der Waals surface area contributed by atoms with Crippen LogP contribution >= 0.6 is 11.3 Å². The minimum Gasteiger partial charge on any atom is -0.366 e. The number of hydrogen-bond acceptors (Lipinski definition) is 5. The van der Waals surface area contributed by atoms with E-state index >= 15 is 0 Å². The van der Waals surface area contributed by atoms with Crippen LogP contribution in [0, 0.1) is 6.07 Å². The number of benzene rings is 1. The fraction of sp³-hybridized carbons (Fsp3) is 0.467. The summed E-state index contributed by atoms with van der Waals surface area (Å²) in [7, 11) is 4.24. The first-order chi connectivity index (χ1) is 10.1. The molecule has 21 heavy (non-hydrogen) atoms. The second-order valence-electron chi connectivity index (χ2n) is 5.59. The summed E-state index contributed by atoms with van der Waals surface area (Å²) >= 11 is 1.59. The van der Waals surface area contributed by atoms with Gasteiger partial charge in [-0.2, -0.15) is 0 Å². The van der Waals surface area contributed by atoms with Crippen molar-refractivity contribution < 1.29 is 4.79 Å². The lowest BCUT2D eigenvalue weighted by atomic mass is 10.0. The zero-order chi connectivity index (χ0) is 15.0. The average molecular weight is 303 g/mol. The van der Waals surface area contributed by atoms with Gasteiger partial charge in [-0.15, -0.1) is 0 Å². The Morgan fingerprint density at radius 1 is 1.48 bits per heavy atom. The van der Waals surface area contributed by atoms with Crippen LogP contribution in [0.5, 0.6) is 0 Å². The monoisotopic (exact) mass is 303 g/mol. The van der Waals surface area contributed by atoms with Crippen molar-refractivity contribution in [3.8, 4) is 0 Å². The summed E-state index contributed by atoms with van der Waals surface area (Å²) in [5, 5.41) is 0.946. The fourth-order valence-electron chi connectivity index (χ4n) is 2.76. The average Bonchev–Trinajstić information content (AvgIpc) is 2.90. The molecule has 0 unspecified atom stereocenters. The van der Waals surface area contributed by atoms with E-state index in [2.05, 4.69) is 34.9 Å². The summed E-state index contributed by atoms with van der Waals surface area (Å²) < 4.78 is 0.959. The topological polar surface area (TPSA) is 62.5 Å². The number of fused-ring (bicyclic) bond motifs is 1. The molecule has 1 saturated heterocycles. The quantitative estimate of drug-likeness (QED) is 0.938. The number of carbonyl (C=O) groups is 1. The van der Waals surface area contributed by atoms with Crippen LogP contribution < -0.4 is 10.6 Å². The summed E-state index contributed by atoms with van der Waals surface area (Å²) in [5.74, 6) is -0.448. The van der Waals surface area contributed by atoms with Gasteiger partial charge >= 0.3 is 0 Å². The number of piperidine rings is 1. The van der Waals surface area contributed by atoms with E-state index in [4.69, 9.17) is 5.73 Å². The number of hydrogen-bond donors (Lipinski definition) is 1. The number of nitrogens with zero attached hydrogens (tertiary/aromatic N) is 3. The molecule has 1 aromatic carbocycles. The highest BCUT2D eigenvalue weighted by molar-refractivity contribution is 7.22. The molecule has 111 valence electrons. The maximum Gasteiger partial charge on any atom is 0.250 e. The maximum atomic E-state index is 11.5. The third-order valence-electron chi connectivity index (χ3n) is 4.14. The van der Waals surface area contributed by atoms with E-state index in [1.807, 2.05) is 6.07 Å². The molecular weight excluding hydrogens is 284 g/mol. The molecule has 2 N–H and O–H groups in total. The van der Waals surface area contributed by atoms with Gasteiger partial charge in [0.2, 0.25) is 0 Å². The van der Waals surface area contributed by atoms with Gasteiger partial charge in [0, 0.05) is 13.1 Å². The molecule has 1 fully saturated rings. The van der Waals surface area contributed by atoms with Gasteiger partial charge in [0.15, 0.2) is 5.13 Å². The van der Waals surface area contributed by atoms with Gasteiger partial charge in [0.1, 0.15) is 0 Å². The molecule has 1 radical (unpaired) electrons. The van der Waals surface area contributed by atoms with Crippen LogP contribution in [-0.2, 0) is 0 Å². The third-order valence-corrected chi connectivity index (χ3v) is 5.24. The molecule has 1 aromatic heterocycles. The highest BCUT2D eigenvalue weighted by Gasteiger charge is 2.23. The molecule has 2 aromatic rings. The summed E-state index contributed by atoms with van der Waals surface area (Å²) in [5.41, 5.74) is 6.56. The van der Waals surface area contributed by atoms with E-state index in [9.17, 15) is 4.79 Å². The van der Waals surface area contributed by atoms with Crippen molar-refractivity contribution in [2.24, 2.45) is 5.73 Å². The van der Waals surface area contributed by atoms with E-state index < -0.39 is 5.91 Å². The number of nitrogens with two attached hydrogens (primary N) is 1. The molecule has 1 aliphatic rings. The normalized spacial score (nSPS) is 17.2. The summed E-state index contributed by atoms with van der Waals surface area (Å²) in [4.78, 5) is 20.7. The second-order valence-corrected chi connectivity index (χ2v) is 6.60. The minimum absolute atomic E-state index is 0.448. The number of aromatic nitrogens is 1. The largest absolute Gasteiger partial charge is 0.366 e. The Labute approximate surface area is 128 Å². The van der Waals surface area contributed by atoms with Crippen LogP contribution in [0.4, 0.5) is 5.13 Å². The molecule has 2 heterocycles. The number of carbonyl (C=O) groups excluding carboxylic acids is 1. The zero-order valence-electron chi connectivity index (χ0n) is 12.3. The standard InChI is InChI=1S/C15H19N4OS/c1-18-8-6-10(7-9-18)19(2)15-17-13-11(14(16)20)4-3-5-12(13)21-15/h4-5,10H,6-9H2,1-2H3,(H2,16,20). The molecule has 6 heteroatoms. The van der Waals surface area contributed by atoms with Crippen molar-refractivity contribution in [2.75, 3.05) is 32.1 Å². The SMILES string of the molecule is CN1CCC(N(C)c2nc3c(C(N)=O)c[c]cc3s2)CC1. The smallest absolute Gasteiger partial charge is 0.250 e. The van der Waals surface area contributed by atoms with E-state index in [0.717, 1.165) is 35.8 Å². The number of primary amides is 1. The van der Waals surface area contributed by atoms with Crippen molar-refractivity contribution in [1.29, 1.82) is 0 Å². The van der Waals surface area contributed by atoms with Crippen LogP contribution in [0.25, 0.3) is 10.2 Å². The molecule has 0 aliphatic carbocycles. The van der Waals surface area contributed by atoms with Gasteiger partial charge < -0.3 is 15.5 Å². The van der Waals surface area contributed by atoms with Crippen LogP contribution in [0.1, 0.15) is 23.2 Å². The highest BCUT2D eigenvalue weighted by Crippen LogP contribution is 2.32. The molecule has 3 rings (SSSR count). The minimum atomic E-state index is -0.448. The van der Waals surface area contributed by atoms with Gasteiger partial charge in [-0.25, -0.2) is 4.98 Å². The summed E-state index contributed by atoms with van der Waals surface area (Å²) in [6, 6.07) is 6.95. The predicted octanol–water partition coefficient (Wildman–Crippen LogP) is 1.73. The molecule has 0 spiro atoms. The van der Waals surface area contributed by atoms with Crippen LogP contribution in [-0.4, -0.2) is 49.0 Å². The number of likely N-dealkylation sites (tertiary alicyclic amines) is 1. The fourth-order valence-corrected chi connectivity index (χ4v) is 3.76. The molecule has 0 atom stereocenters. The number of amides is 1. The first kappa shape index (κ1) is 14.3. The van der Waals surface area contributed by atoms with E-state index in [1.165, 1.54) is 0 Å². The van der Waals surface area contributed by atoms with Gasteiger partial charge in [-0.3, -0.25) is 4.79 Å². The third kappa shape index (κ3) is 2.73. The van der Waals surface area contributed by atoms with Crippen molar-refractivity contribution in [1.82, 2.24) is 9.88 Å². The first-order valence-corrected chi connectivity index (χ1v) is 7.89. The number of rotatable bonds is 3. The molecule has 0 bridgehead atoms. The molecular formula is C15H19N4OS. The van der Waals surface area contributed by atoms with E-state index in [-0.39, 0.29) is 0 Å². The van der Waals surface area contributed by atoms with Crippen LogP contribution in [0.15, 0.2) is 12.1 Å². The summed E-state index contributed by atoms with van der Waals surface area (Å²) in [6.45, 7) is 2.22. The maximum absolute atomic E-state index is 11.5. The summed E-state index contributed by atoms with van der Waals surface area (Å²) in [6.07, 6.45) is 2.27. The Balaban J connectivity index is 1.90. The van der Waals surface area contributed by atoms with Crippen molar-refractivity contribution in [2.45, 2.75) is 18.9 Å². The van der Waals surface area contributed by atoms with Crippen molar-refractivity contribution in [3.63, 3.8) is 0 Å².